The Hall–Kier alpha value is -1.56. The third kappa shape index (κ3) is 3.74. The van der Waals surface area contributed by atoms with Crippen molar-refractivity contribution in [3.05, 3.63) is 12.7 Å². The maximum atomic E-state index is 11.8. The van der Waals surface area contributed by atoms with Gasteiger partial charge in [-0.05, 0) is 12.8 Å². The van der Waals surface area contributed by atoms with Crippen LogP contribution in [0.15, 0.2) is 12.7 Å². The fraction of sp³-hybridized carbons (Fsp3) is 0.636. The van der Waals surface area contributed by atoms with E-state index in [-0.39, 0.29) is 18.6 Å². The number of carboxylic acids is 1. The van der Waals surface area contributed by atoms with Crippen molar-refractivity contribution in [1.29, 1.82) is 0 Å². The third-order valence-corrected chi connectivity index (χ3v) is 2.76. The zero-order valence-electron chi connectivity index (χ0n) is 9.89. The summed E-state index contributed by atoms with van der Waals surface area (Å²) in [7, 11) is 1.60. The zero-order chi connectivity index (χ0) is 12.8. The smallest absolute Gasteiger partial charge is 0.326 e. The van der Waals surface area contributed by atoms with Crippen molar-refractivity contribution in [3.8, 4) is 0 Å². The molecule has 0 bridgehead atoms. The van der Waals surface area contributed by atoms with Crippen molar-refractivity contribution >= 4 is 12.0 Å². The van der Waals surface area contributed by atoms with E-state index in [1.54, 1.807) is 12.0 Å². The molecular weight excluding hydrogens is 224 g/mol. The van der Waals surface area contributed by atoms with Gasteiger partial charge in [-0.3, -0.25) is 0 Å². The molecule has 6 heteroatoms. The first kappa shape index (κ1) is 13.5. The van der Waals surface area contributed by atoms with E-state index in [1.165, 1.54) is 6.08 Å². The summed E-state index contributed by atoms with van der Waals surface area (Å²) in [4.78, 5) is 24.2. The van der Waals surface area contributed by atoms with Crippen molar-refractivity contribution in [3.63, 3.8) is 0 Å². The Bertz CT molecular complexity index is 306. The predicted octanol–water partition coefficient (Wildman–Crippen LogP) is 0.446. The largest absolute Gasteiger partial charge is 0.480 e. The average Bonchev–Trinajstić information content (AvgIpc) is 2.76. The number of ether oxygens (including phenoxy) is 1. The fourth-order valence-electron chi connectivity index (χ4n) is 1.73. The predicted molar refractivity (Wildman–Crippen MR) is 61.8 cm³/mol. The lowest BCUT2D eigenvalue weighted by Gasteiger charge is -2.20. The first-order chi connectivity index (χ1) is 8.08. The number of urea groups is 1. The molecule has 2 unspecified atom stereocenters. The number of methoxy groups -OCH3 is 1. The van der Waals surface area contributed by atoms with Gasteiger partial charge in [0.05, 0.1) is 6.10 Å². The van der Waals surface area contributed by atoms with Crippen molar-refractivity contribution in [2.75, 3.05) is 20.2 Å². The molecule has 2 atom stereocenters. The van der Waals surface area contributed by atoms with E-state index in [1.807, 2.05) is 0 Å². The van der Waals surface area contributed by atoms with Gasteiger partial charge in [-0.25, -0.2) is 9.59 Å². The van der Waals surface area contributed by atoms with E-state index in [0.717, 1.165) is 6.42 Å². The monoisotopic (exact) mass is 242 g/mol. The number of nitrogens with one attached hydrogen (secondary N) is 1. The van der Waals surface area contributed by atoms with Crippen LogP contribution in [0.2, 0.25) is 0 Å². The molecule has 1 fully saturated rings. The standard InChI is InChI=1S/C11H18N2O4/c1-3-4-9(10(14)15)12-11(16)13-6-5-8(7-13)17-2/h3,8-9H,1,4-7H2,2H3,(H,12,16)(H,14,15). The van der Waals surface area contributed by atoms with Crippen molar-refractivity contribution in [2.45, 2.75) is 25.0 Å². The van der Waals surface area contributed by atoms with E-state index in [2.05, 4.69) is 11.9 Å². The average molecular weight is 242 g/mol. The van der Waals surface area contributed by atoms with Gasteiger partial charge < -0.3 is 20.1 Å². The minimum absolute atomic E-state index is 0.0448. The van der Waals surface area contributed by atoms with Crippen molar-refractivity contribution in [1.82, 2.24) is 10.2 Å². The Labute approximate surface area is 100 Å². The molecule has 1 saturated heterocycles. The molecule has 6 nitrogen and oxygen atoms in total. The molecule has 0 saturated carbocycles. The number of rotatable bonds is 5. The summed E-state index contributed by atoms with van der Waals surface area (Å²) in [6, 6.07) is -1.28. The molecule has 2 N–H and O–H groups in total. The molecule has 0 aromatic rings. The van der Waals surface area contributed by atoms with Crippen LogP contribution in [-0.2, 0) is 9.53 Å². The number of carbonyl (C=O) groups excluding carboxylic acids is 1. The number of nitrogens with zero attached hydrogens (tertiary/aromatic N) is 1. The normalized spacial score (nSPS) is 21.0. The highest BCUT2D eigenvalue weighted by Crippen LogP contribution is 2.12. The lowest BCUT2D eigenvalue weighted by atomic mass is 10.2. The molecule has 1 aliphatic heterocycles. The first-order valence-electron chi connectivity index (χ1n) is 5.50. The molecule has 1 rings (SSSR count). The molecule has 0 aromatic carbocycles. The van der Waals surface area contributed by atoms with Gasteiger partial charge in [0.25, 0.3) is 0 Å². The van der Waals surface area contributed by atoms with E-state index in [4.69, 9.17) is 9.84 Å². The van der Waals surface area contributed by atoms with Gasteiger partial charge in [0.2, 0.25) is 0 Å². The van der Waals surface area contributed by atoms with Gasteiger partial charge in [-0.1, -0.05) is 6.08 Å². The summed E-state index contributed by atoms with van der Waals surface area (Å²) >= 11 is 0. The molecule has 96 valence electrons. The SMILES string of the molecule is C=CCC(NC(=O)N1CCC(OC)C1)C(=O)O. The quantitative estimate of drug-likeness (QED) is 0.686. The van der Waals surface area contributed by atoms with Gasteiger partial charge in [0.15, 0.2) is 0 Å². The molecule has 0 aliphatic carbocycles. The lowest BCUT2D eigenvalue weighted by Crippen LogP contribution is -2.47. The number of hydrogen-bond acceptors (Lipinski definition) is 3. The number of likely N-dealkylation sites (tertiary alicyclic amines) is 1. The van der Waals surface area contributed by atoms with Gasteiger partial charge in [-0.2, -0.15) is 0 Å². The van der Waals surface area contributed by atoms with Crippen LogP contribution in [-0.4, -0.2) is 54.4 Å². The van der Waals surface area contributed by atoms with E-state index < -0.39 is 12.0 Å². The molecule has 1 aliphatic rings. The highest BCUT2D eigenvalue weighted by molar-refractivity contribution is 5.82. The molecule has 0 radical (unpaired) electrons. The zero-order valence-corrected chi connectivity index (χ0v) is 9.89. The van der Waals surface area contributed by atoms with Crippen LogP contribution >= 0.6 is 0 Å². The summed E-state index contributed by atoms with van der Waals surface area (Å²) in [5, 5.41) is 11.4. The van der Waals surface area contributed by atoms with E-state index >= 15 is 0 Å². The minimum atomic E-state index is -1.05. The maximum absolute atomic E-state index is 11.8. The van der Waals surface area contributed by atoms with Crippen LogP contribution in [0.5, 0.6) is 0 Å². The molecule has 2 amide bonds. The molecular formula is C11H18N2O4. The van der Waals surface area contributed by atoms with Gasteiger partial charge in [0.1, 0.15) is 6.04 Å². The Morgan fingerprint density at radius 3 is 2.88 bits per heavy atom. The Morgan fingerprint density at radius 2 is 2.41 bits per heavy atom. The van der Waals surface area contributed by atoms with Crippen LogP contribution in [0.4, 0.5) is 4.79 Å². The van der Waals surface area contributed by atoms with E-state index in [0.29, 0.717) is 13.1 Å². The van der Waals surface area contributed by atoms with Crippen LogP contribution < -0.4 is 5.32 Å². The summed E-state index contributed by atoms with van der Waals surface area (Å²) in [6.45, 7) is 4.56. The lowest BCUT2D eigenvalue weighted by molar-refractivity contribution is -0.139. The van der Waals surface area contributed by atoms with Crippen LogP contribution in [0, 0.1) is 0 Å². The van der Waals surface area contributed by atoms with E-state index in [9.17, 15) is 9.59 Å². The van der Waals surface area contributed by atoms with Crippen LogP contribution in [0.25, 0.3) is 0 Å². The summed E-state index contributed by atoms with van der Waals surface area (Å²) < 4.78 is 5.14. The topological polar surface area (TPSA) is 78.9 Å². The summed E-state index contributed by atoms with van der Waals surface area (Å²) in [5.74, 6) is -1.05. The molecule has 0 aromatic heterocycles. The number of carboxylic acid groups (broad SMARTS) is 1. The van der Waals surface area contributed by atoms with Gasteiger partial charge in [0, 0.05) is 20.2 Å². The minimum Gasteiger partial charge on any atom is -0.480 e. The Morgan fingerprint density at radius 1 is 1.71 bits per heavy atom. The second-order valence-electron chi connectivity index (χ2n) is 3.96. The molecule has 1 heterocycles. The number of amides is 2. The second-order valence-corrected chi connectivity index (χ2v) is 3.96. The van der Waals surface area contributed by atoms with Gasteiger partial charge in [-0.15, -0.1) is 6.58 Å². The summed E-state index contributed by atoms with van der Waals surface area (Å²) in [6.07, 6.45) is 2.51. The number of carbonyl (C=O) groups is 2. The second kappa shape index (κ2) is 6.24. The maximum Gasteiger partial charge on any atom is 0.326 e. The Balaban J connectivity index is 2.47. The number of hydrogen-bond donors (Lipinski definition) is 2. The molecule has 0 spiro atoms. The van der Waals surface area contributed by atoms with Crippen LogP contribution in [0.3, 0.4) is 0 Å². The highest BCUT2D eigenvalue weighted by Gasteiger charge is 2.28. The Kier molecular flexibility index (Phi) is 4.96. The first-order valence-corrected chi connectivity index (χ1v) is 5.50. The van der Waals surface area contributed by atoms with Crippen molar-refractivity contribution in [2.24, 2.45) is 0 Å². The number of aliphatic carboxylic acids is 1. The fourth-order valence-corrected chi connectivity index (χ4v) is 1.73. The van der Waals surface area contributed by atoms with Gasteiger partial charge >= 0.3 is 12.0 Å². The highest BCUT2D eigenvalue weighted by atomic mass is 16.5. The third-order valence-electron chi connectivity index (χ3n) is 2.76. The van der Waals surface area contributed by atoms with Crippen molar-refractivity contribution < 1.29 is 19.4 Å². The summed E-state index contributed by atoms with van der Waals surface area (Å²) in [5.41, 5.74) is 0. The van der Waals surface area contributed by atoms with Crippen LogP contribution in [0.1, 0.15) is 12.8 Å². The molecule has 17 heavy (non-hydrogen) atoms.